The van der Waals surface area contributed by atoms with Gasteiger partial charge in [-0.05, 0) is 18.2 Å². The first kappa shape index (κ1) is 17.8. The van der Waals surface area contributed by atoms with Crippen LogP contribution in [0.2, 0.25) is 5.02 Å². The second-order valence-electron chi connectivity index (χ2n) is 5.52. The average Bonchev–Trinajstić information content (AvgIpc) is 2.88. The van der Waals surface area contributed by atoms with Crippen molar-refractivity contribution in [1.82, 2.24) is 4.90 Å². The molecule has 0 spiro atoms. The average molecular weight is 375 g/mol. The minimum atomic E-state index is -0.694. The van der Waals surface area contributed by atoms with E-state index >= 15 is 0 Å². The van der Waals surface area contributed by atoms with E-state index in [0.29, 0.717) is 11.1 Å². The Labute approximate surface area is 154 Å². The summed E-state index contributed by atoms with van der Waals surface area (Å²) >= 11 is 5.93. The van der Waals surface area contributed by atoms with Gasteiger partial charge < -0.3 is 15.2 Å². The van der Waals surface area contributed by atoms with Gasteiger partial charge in [-0.2, -0.15) is 0 Å². The third-order valence-electron chi connectivity index (χ3n) is 3.96. The molecule has 0 aliphatic carbocycles. The number of nitrogens with zero attached hydrogens (tertiary/aromatic N) is 1. The van der Waals surface area contributed by atoms with Gasteiger partial charge in [-0.3, -0.25) is 14.5 Å². The molecular weight excluding hydrogens is 360 g/mol. The Hall–Kier alpha value is -3.06. The molecule has 0 bridgehead atoms. The third-order valence-corrected chi connectivity index (χ3v) is 4.29. The molecule has 0 unspecified atom stereocenters. The van der Waals surface area contributed by atoms with Gasteiger partial charge in [0.2, 0.25) is 0 Å². The molecule has 0 atom stereocenters. The number of carbonyl (C=O) groups is 3. The number of nitrogen functional groups attached to an aromatic ring is 1. The number of ether oxygens (including phenoxy) is 2. The molecule has 0 radical (unpaired) electrons. The zero-order valence-electron chi connectivity index (χ0n) is 13.8. The monoisotopic (exact) mass is 374 g/mol. The standard InChI is InChI=1S/C18H15ClN2O5/c1-25-15-9-14(20)13(19)8-12(15)18(24)26-7-6-21-16(22)10-4-2-3-5-11(10)17(21)23/h2-5,8-9H,6-7,20H2,1H3. The quantitative estimate of drug-likeness (QED) is 0.490. The van der Waals surface area contributed by atoms with Gasteiger partial charge in [0.15, 0.2) is 0 Å². The van der Waals surface area contributed by atoms with E-state index in [4.69, 9.17) is 26.8 Å². The molecule has 2 amide bonds. The summed E-state index contributed by atoms with van der Waals surface area (Å²) in [4.78, 5) is 37.8. The fourth-order valence-electron chi connectivity index (χ4n) is 2.65. The van der Waals surface area contributed by atoms with Gasteiger partial charge in [-0.25, -0.2) is 4.79 Å². The first-order chi connectivity index (χ1) is 12.4. The van der Waals surface area contributed by atoms with Crippen molar-refractivity contribution < 1.29 is 23.9 Å². The largest absolute Gasteiger partial charge is 0.496 e. The second kappa shape index (κ2) is 7.05. The fraction of sp³-hybridized carbons (Fsp3) is 0.167. The van der Waals surface area contributed by atoms with Gasteiger partial charge in [-0.1, -0.05) is 23.7 Å². The predicted molar refractivity (Wildman–Crippen MR) is 94.5 cm³/mol. The molecule has 7 nitrogen and oxygen atoms in total. The molecule has 1 heterocycles. The molecule has 134 valence electrons. The Morgan fingerprint density at radius 2 is 1.77 bits per heavy atom. The van der Waals surface area contributed by atoms with E-state index in [-0.39, 0.29) is 35.2 Å². The number of halogens is 1. The van der Waals surface area contributed by atoms with Crippen molar-refractivity contribution in [3.8, 4) is 5.75 Å². The molecule has 0 saturated heterocycles. The maximum atomic E-state index is 12.3. The number of imide groups is 1. The molecule has 2 aromatic rings. The minimum absolute atomic E-state index is 0.0525. The van der Waals surface area contributed by atoms with Crippen LogP contribution in [0.15, 0.2) is 36.4 Å². The summed E-state index contributed by atoms with van der Waals surface area (Å²) in [5.41, 5.74) is 6.74. The van der Waals surface area contributed by atoms with E-state index in [1.807, 2.05) is 0 Å². The zero-order valence-corrected chi connectivity index (χ0v) is 14.6. The van der Waals surface area contributed by atoms with Crippen molar-refractivity contribution in [2.75, 3.05) is 26.0 Å². The van der Waals surface area contributed by atoms with Crippen LogP contribution in [0.1, 0.15) is 31.1 Å². The second-order valence-corrected chi connectivity index (χ2v) is 5.92. The van der Waals surface area contributed by atoms with Crippen molar-refractivity contribution in [3.05, 3.63) is 58.1 Å². The lowest BCUT2D eigenvalue weighted by Crippen LogP contribution is -2.33. The van der Waals surface area contributed by atoms with Crippen LogP contribution in [0.3, 0.4) is 0 Å². The molecule has 1 aliphatic rings. The normalized spacial score (nSPS) is 12.9. The number of hydrogen-bond donors (Lipinski definition) is 1. The van der Waals surface area contributed by atoms with Crippen LogP contribution in [0.4, 0.5) is 5.69 Å². The summed E-state index contributed by atoms with van der Waals surface area (Å²) in [6.45, 7) is -0.210. The van der Waals surface area contributed by atoms with Crippen LogP contribution in [0, 0.1) is 0 Å². The van der Waals surface area contributed by atoms with Gasteiger partial charge in [0.05, 0.1) is 35.5 Å². The van der Waals surface area contributed by atoms with E-state index in [9.17, 15) is 14.4 Å². The van der Waals surface area contributed by atoms with Crippen LogP contribution in [0.5, 0.6) is 5.75 Å². The van der Waals surface area contributed by atoms with Gasteiger partial charge in [0.25, 0.3) is 11.8 Å². The van der Waals surface area contributed by atoms with E-state index in [1.54, 1.807) is 24.3 Å². The first-order valence-electron chi connectivity index (χ1n) is 7.69. The van der Waals surface area contributed by atoms with Crippen LogP contribution >= 0.6 is 11.6 Å². The fourth-order valence-corrected chi connectivity index (χ4v) is 2.81. The number of methoxy groups -OCH3 is 1. The van der Waals surface area contributed by atoms with E-state index in [2.05, 4.69) is 0 Å². The molecule has 0 fully saturated rings. The van der Waals surface area contributed by atoms with Crippen molar-refractivity contribution in [1.29, 1.82) is 0 Å². The van der Waals surface area contributed by atoms with Crippen molar-refractivity contribution in [3.63, 3.8) is 0 Å². The number of hydrogen-bond acceptors (Lipinski definition) is 6. The number of carbonyl (C=O) groups excluding carboxylic acids is 3. The van der Waals surface area contributed by atoms with Gasteiger partial charge in [0, 0.05) is 6.07 Å². The molecule has 2 aromatic carbocycles. The number of rotatable bonds is 5. The van der Waals surface area contributed by atoms with Crippen LogP contribution in [-0.2, 0) is 4.74 Å². The third kappa shape index (κ3) is 3.09. The molecule has 8 heteroatoms. The molecule has 2 N–H and O–H groups in total. The number of benzene rings is 2. The zero-order chi connectivity index (χ0) is 18.8. The van der Waals surface area contributed by atoms with Crippen molar-refractivity contribution in [2.24, 2.45) is 0 Å². The summed E-state index contributed by atoms with van der Waals surface area (Å²) in [5, 5.41) is 0.193. The van der Waals surface area contributed by atoms with E-state index in [0.717, 1.165) is 4.90 Å². The highest BCUT2D eigenvalue weighted by molar-refractivity contribution is 6.33. The number of nitrogens with two attached hydrogens (primary N) is 1. The highest BCUT2D eigenvalue weighted by atomic mass is 35.5. The molecule has 0 aromatic heterocycles. The minimum Gasteiger partial charge on any atom is -0.496 e. The Morgan fingerprint density at radius 3 is 2.35 bits per heavy atom. The molecule has 0 saturated carbocycles. The molecule has 1 aliphatic heterocycles. The summed E-state index contributed by atoms with van der Waals surface area (Å²) in [6.07, 6.45) is 0. The van der Waals surface area contributed by atoms with Crippen LogP contribution < -0.4 is 10.5 Å². The SMILES string of the molecule is COc1cc(N)c(Cl)cc1C(=O)OCCN1C(=O)c2ccccc2C1=O. The molecule has 3 rings (SSSR count). The van der Waals surface area contributed by atoms with Crippen LogP contribution in [0.25, 0.3) is 0 Å². The predicted octanol–water partition coefficient (Wildman–Crippen LogP) is 2.38. The summed E-state index contributed by atoms with van der Waals surface area (Å²) in [7, 11) is 1.39. The smallest absolute Gasteiger partial charge is 0.342 e. The molecular formula is C18H15ClN2O5. The Kier molecular flexibility index (Phi) is 4.81. The number of amides is 2. The maximum absolute atomic E-state index is 12.3. The Bertz CT molecular complexity index is 877. The topological polar surface area (TPSA) is 98.9 Å². The lowest BCUT2D eigenvalue weighted by atomic mass is 10.1. The van der Waals surface area contributed by atoms with Gasteiger partial charge >= 0.3 is 5.97 Å². The number of anilines is 1. The highest BCUT2D eigenvalue weighted by Gasteiger charge is 2.34. The van der Waals surface area contributed by atoms with Gasteiger partial charge in [-0.15, -0.1) is 0 Å². The number of esters is 1. The van der Waals surface area contributed by atoms with Crippen molar-refractivity contribution >= 4 is 35.1 Å². The van der Waals surface area contributed by atoms with Gasteiger partial charge in [0.1, 0.15) is 17.9 Å². The molecule has 26 heavy (non-hydrogen) atoms. The first-order valence-corrected chi connectivity index (χ1v) is 8.07. The lowest BCUT2D eigenvalue weighted by Gasteiger charge is -2.15. The van der Waals surface area contributed by atoms with Crippen molar-refractivity contribution in [2.45, 2.75) is 0 Å². The van der Waals surface area contributed by atoms with E-state index in [1.165, 1.54) is 19.2 Å². The van der Waals surface area contributed by atoms with E-state index < -0.39 is 17.8 Å². The number of fused-ring (bicyclic) bond motifs is 1. The maximum Gasteiger partial charge on any atom is 0.342 e. The highest BCUT2D eigenvalue weighted by Crippen LogP contribution is 2.29. The Morgan fingerprint density at radius 1 is 1.15 bits per heavy atom. The summed E-state index contributed by atoms with van der Waals surface area (Å²) in [5.74, 6) is -1.29. The summed E-state index contributed by atoms with van der Waals surface area (Å²) < 4.78 is 10.3. The van der Waals surface area contributed by atoms with Crippen LogP contribution in [-0.4, -0.2) is 42.9 Å². The lowest BCUT2D eigenvalue weighted by molar-refractivity contribution is 0.0417. The summed E-state index contributed by atoms with van der Waals surface area (Å²) in [6, 6.07) is 9.31. The Balaban J connectivity index is 1.66.